The first-order valence-corrected chi connectivity index (χ1v) is 5.18. The summed E-state index contributed by atoms with van der Waals surface area (Å²) in [5.41, 5.74) is 1.07. The summed E-state index contributed by atoms with van der Waals surface area (Å²) in [6, 6.07) is 3.38. The Kier molecular flexibility index (Phi) is 2.85. The summed E-state index contributed by atoms with van der Waals surface area (Å²) in [5, 5.41) is 5.31. The molecule has 2 rings (SSSR count). The summed E-state index contributed by atoms with van der Waals surface area (Å²) >= 11 is 0. The van der Waals surface area contributed by atoms with Gasteiger partial charge in [0, 0.05) is 12.6 Å². The van der Waals surface area contributed by atoms with Gasteiger partial charge in [-0.25, -0.2) is 4.98 Å². The molecular weight excluding hydrogens is 206 g/mol. The number of piperidine rings is 1. The van der Waals surface area contributed by atoms with Crippen molar-refractivity contribution in [3.8, 4) is 0 Å². The summed E-state index contributed by atoms with van der Waals surface area (Å²) in [7, 11) is 0. The van der Waals surface area contributed by atoms with Gasteiger partial charge in [-0.3, -0.25) is 14.9 Å². The predicted octanol–water partition coefficient (Wildman–Crippen LogP) is 0.607. The Morgan fingerprint density at radius 3 is 3.00 bits per heavy atom. The van der Waals surface area contributed by atoms with Crippen LogP contribution in [0.3, 0.4) is 0 Å². The first-order valence-electron chi connectivity index (χ1n) is 5.18. The molecule has 1 unspecified atom stereocenters. The fourth-order valence-corrected chi connectivity index (χ4v) is 1.62. The van der Waals surface area contributed by atoms with Crippen molar-refractivity contribution in [2.75, 3.05) is 5.32 Å². The third kappa shape index (κ3) is 2.36. The lowest BCUT2D eigenvalue weighted by atomic mass is 10.1. The number of pyridine rings is 1. The summed E-state index contributed by atoms with van der Waals surface area (Å²) in [5.74, 6) is 0.175. The van der Waals surface area contributed by atoms with E-state index >= 15 is 0 Å². The van der Waals surface area contributed by atoms with Gasteiger partial charge in [0.05, 0.1) is 0 Å². The topological polar surface area (TPSA) is 71.1 Å². The molecule has 0 spiro atoms. The highest BCUT2D eigenvalue weighted by atomic mass is 16.2. The Labute approximate surface area is 93.3 Å². The van der Waals surface area contributed by atoms with Gasteiger partial charge in [0.25, 0.3) is 0 Å². The molecular formula is C11H13N3O2. The molecule has 1 aromatic rings. The number of carbonyl (C=O) groups is 2. The van der Waals surface area contributed by atoms with Crippen LogP contribution in [-0.2, 0) is 9.59 Å². The van der Waals surface area contributed by atoms with Crippen molar-refractivity contribution >= 4 is 17.6 Å². The zero-order valence-corrected chi connectivity index (χ0v) is 8.99. The lowest BCUT2D eigenvalue weighted by molar-refractivity contribution is -0.133. The highest BCUT2D eigenvalue weighted by Gasteiger charge is 2.26. The van der Waals surface area contributed by atoms with Crippen molar-refractivity contribution in [1.29, 1.82) is 0 Å². The van der Waals surface area contributed by atoms with Gasteiger partial charge in [-0.15, -0.1) is 0 Å². The minimum atomic E-state index is -0.369. The van der Waals surface area contributed by atoms with Crippen LogP contribution in [0.4, 0.5) is 5.82 Å². The van der Waals surface area contributed by atoms with E-state index in [1.807, 2.05) is 19.1 Å². The maximum Gasteiger partial charge on any atom is 0.249 e. The Balaban J connectivity index is 2.05. The molecule has 2 heterocycles. The molecule has 5 nitrogen and oxygen atoms in total. The van der Waals surface area contributed by atoms with Crippen LogP contribution in [0.25, 0.3) is 0 Å². The van der Waals surface area contributed by atoms with Gasteiger partial charge in [0.1, 0.15) is 11.9 Å². The van der Waals surface area contributed by atoms with Crippen molar-refractivity contribution in [3.63, 3.8) is 0 Å². The van der Waals surface area contributed by atoms with Gasteiger partial charge in [-0.1, -0.05) is 0 Å². The molecule has 1 aromatic heterocycles. The maximum atomic E-state index is 11.5. The Hall–Kier alpha value is -1.91. The Morgan fingerprint density at radius 1 is 1.50 bits per heavy atom. The summed E-state index contributed by atoms with van der Waals surface area (Å²) in [4.78, 5) is 26.5. The minimum Gasteiger partial charge on any atom is -0.358 e. The van der Waals surface area contributed by atoms with Crippen LogP contribution in [0.2, 0.25) is 0 Å². The van der Waals surface area contributed by atoms with Crippen LogP contribution in [0.1, 0.15) is 18.4 Å². The molecule has 0 saturated carbocycles. The van der Waals surface area contributed by atoms with E-state index in [0.29, 0.717) is 18.7 Å². The molecule has 1 fully saturated rings. The molecule has 0 radical (unpaired) electrons. The largest absolute Gasteiger partial charge is 0.358 e. The quantitative estimate of drug-likeness (QED) is 0.715. The van der Waals surface area contributed by atoms with Crippen molar-refractivity contribution in [1.82, 2.24) is 10.3 Å². The Bertz CT molecular complexity index is 431. The number of nitrogens with one attached hydrogen (secondary N) is 2. The number of nitrogens with zero attached hydrogens (tertiary/aromatic N) is 1. The molecule has 5 heteroatoms. The van der Waals surface area contributed by atoms with Crippen molar-refractivity contribution in [2.24, 2.45) is 0 Å². The van der Waals surface area contributed by atoms with E-state index in [-0.39, 0.29) is 17.9 Å². The fourth-order valence-electron chi connectivity index (χ4n) is 1.62. The number of imide groups is 1. The fraction of sp³-hybridized carbons (Fsp3) is 0.364. The van der Waals surface area contributed by atoms with Crippen LogP contribution in [0.5, 0.6) is 0 Å². The second-order valence-electron chi connectivity index (χ2n) is 3.87. The lowest BCUT2D eigenvalue weighted by Crippen LogP contribution is -2.47. The first kappa shape index (κ1) is 10.6. The van der Waals surface area contributed by atoms with Crippen LogP contribution < -0.4 is 10.6 Å². The predicted molar refractivity (Wildman–Crippen MR) is 58.8 cm³/mol. The summed E-state index contributed by atoms with van der Waals surface area (Å²) < 4.78 is 0. The lowest BCUT2D eigenvalue weighted by Gasteiger charge is -2.22. The van der Waals surface area contributed by atoms with E-state index in [0.717, 1.165) is 5.56 Å². The smallest absolute Gasteiger partial charge is 0.249 e. The maximum absolute atomic E-state index is 11.5. The number of aryl methyl sites for hydroxylation is 1. The highest BCUT2D eigenvalue weighted by molar-refractivity contribution is 6.01. The monoisotopic (exact) mass is 219 g/mol. The molecule has 0 aliphatic carbocycles. The molecule has 84 valence electrons. The van der Waals surface area contributed by atoms with Gasteiger partial charge < -0.3 is 5.32 Å². The third-order valence-electron chi connectivity index (χ3n) is 2.48. The number of amides is 2. The van der Waals surface area contributed by atoms with E-state index in [2.05, 4.69) is 15.6 Å². The number of carbonyl (C=O) groups excluding carboxylic acids is 2. The van der Waals surface area contributed by atoms with Gasteiger partial charge in [0.2, 0.25) is 11.8 Å². The second kappa shape index (κ2) is 4.30. The van der Waals surface area contributed by atoms with Crippen molar-refractivity contribution in [3.05, 3.63) is 23.9 Å². The highest BCUT2D eigenvalue weighted by Crippen LogP contribution is 2.12. The van der Waals surface area contributed by atoms with Gasteiger partial charge >= 0.3 is 0 Å². The first-order chi connectivity index (χ1) is 7.65. The molecule has 16 heavy (non-hydrogen) atoms. The molecule has 0 bridgehead atoms. The normalized spacial score (nSPS) is 20.4. The van der Waals surface area contributed by atoms with E-state index < -0.39 is 0 Å². The van der Waals surface area contributed by atoms with E-state index in [1.165, 1.54) is 0 Å². The molecule has 2 N–H and O–H groups in total. The van der Waals surface area contributed by atoms with Crippen molar-refractivity contribution < 1.29 is 9.59 Å². The molecule has 1 aliphatic heterocycles. The van der Waals surface area contributed by atoms with Crippen LogP contribution >= 0.6 is 0 Å². The second-order valence-corrected chi connectivity index (χ2v) is 3.87. The zero-order chi connectivity index (χ0) is 11.5. The van der Waals surface area contributed by atoms with E-state index in [9.17, 15) is 9.59 Å². The summed E-state index contributed by atoms with van der Waals surface area (Å²) in [6.07, 6.45) is 2.57. The molecule has 2 amide bonds. The SMILES string of the molecule is Cc1ccnc(NC2CCC(=O)NC2=O)c1. The average Bonchev–Trinajstić information content (AvgIpc) is 2.22. The average molecular weight is 219 g/mol. The van der Waals surface area contributed by atoms with E-state index in [4.69, 9.17) is 0 Å². The van der Waals surface area contributed by atoms with Crippen LogP contribution in [0, 0.1) is 6.92 Å². The molecule has 1 aliphatic rings. The van der Waals surface area contributed by atoms with Crippen LogP contribution in [-0.4, -0.2) is 22.8 Å². The number of anilines is 1. The molecule has 1 atom stereocenters. The van der Waals surface area contributed by atoms with E-state index in [1.54, 1.807) is 6.20 Å². The molecule has 0 aromatic carbocycles. The van der Waals surface area contributed by atoms with Gasteiger partial charge in [-0.05, 0) is 31.0 Å². The minimum absolute atomic E-state index is 0.208. The van der Waals surface area contributed by atoms with Gasteiger partial charge in [0.15, 0.2) is 0 Å². The Morgan fingerprint density at radius 2 is 2.31 bits per heavy atom. The summed E-state index contributed by atoms with van der Waals surface area (Å²) in [6.45, 7) is 1.96. The van der Waals surface area contributed by atoms with Gasteiger partial charge in [-0.2, -0.15) is 0 Å². The third-order valence-corrected chi connectivity index (χ3v) is 2.48. The number of aromatic nitrogens is 1. The standard InChI is InChI=1S/C11H13N3O2/c1-7-4-5-12-9(6-7)13-8-2-3-10(15)14-11(8)16/h4-6,8H,2-3H2,1H3,(H,12,13)(H,14,15,16). The zero-order valence-electron chi connectivity index (χ0n) is 8.99. The van der Waals surface area contributed by atoms with Crippen molar-refractivity contribution in [2.45, 2.75) is 25.8 Å². The number of hydrogen-bond acceptors (Lipinski definition) is 4. The number of rotatable bonds is 2. The molecule has 1 saturated heterocycles. The number of hydrogen-bond donors (Lipinski definition) is 2. The van der Waals surface area contributed by atoms with Crippen LogP contribution in [0.15, 0.2) is 18.3 Å².